The molecule has 0 saturated heterocycles. The van der Waals surface area contributed by atoms with Crippen LogP contribution in [0, 0.1) is 5.92 Å². The molecule has 144 valence electrons. The Morgan fingerprint density at radius 2 is 1.68 bits per heavy atom. The number of nitrogens with one attached hydrogen (secondary N) is 2. The number of aliphatic imine (C=N–C) groups is 1. The number of hydrogen-bond acceptors (Lipinski definition) is 3. The number of halogens is 1. The first-order valence-corrected chi connectivity index (χ1v) is 9.75. The second-order valence-electron chi connectivity index (χ2n) is 5.92. The second-order valence-corrected chi connectivity index (χ2v) is 8.07. The average Bonchev–Trinajstić information content (AvgIpc) is 2.58. The fourth-order valence-electron chi connectivity index (χ4n) is 2.21. The summed E-state index contributed by atoms with van der Waals surface area (Å²) >= 11 is 0. The lowest BCUT2D eigenvalue weighted by Crippen LogP contribution is -2.39. The van der Waals surface area contributed by atoms with Crippen LogP contribution in [-0.2, 0) is 16.6 Å². The van der Waals surface area contributed by atoms with Crippen LogP contribution in [0.15, 0.2) is 34.2 Å². The Morgan fingerprint density at radius 3 is 2.12 bits per heavy atom. The number of rotatable bonds is 8. The van der Waals surface area contributed by atoms with Gasteiger partial charge in [-0.25, -0.2) is 12.7 Å². The van der Waals surface area contributed by atoms with Gasteiger partial charge >= 0.3 is 0 Å². The van der Waals surface area contributed by atoms with Gasteiger partial charge in [0.15, 0.2) is 5.96 Å². The number of nitrogens with zero attached hydrogens (tertiary/aromatic N) is 2. The molecule has 2 N–H and O–H groups in total. The number of benzene rings is 1. The predicted molar refractivity (Wildman–Crippen MR) is 115 cm³/mol. The highest BCUT2D eigenvalue weighted by Gasteiger charge is 2.16. The van der Waals surface area contributed by atoms with E-state index in [-0.39, 0.29) is 24.0 Å². The molecule has 1 aromatic rings. The van der Waals surface area contributed by atoms with E-state index in [1.54, 1.807) is 19.2 Å². The molecule has 0 spiro atoms. The van der Waals surface area contributed by atoms with E-state index in [0.717, 1.165) is 30.9 Å². The van der Waals surface area contributed by atoms with Crippen LogP contribution in [0.2, 0.25) is 0 Å². The number of guanidine groups is 1. The topological polar surface area (TPSA) is 73.8 Å². The Labute approximate surface area is 169 Å². The fraction of sp³-hybridized carbons (Fsp3) is 0.588. The van der Waals surface area contributed by atoms with Crippen molar-refractivity contribution in [3.05, 3.63) is 29.8 Å². The molecule has 0 radical (unpaired) electrons. The molecule has 0 saturated carbocycles. The van der Waals surface area contributed by atoms with Crippen molar-refractivity contribution < 1.29 is 8.42 Å². The zero-order valence-corrected chi connectivity index (χ0v) is 18.9. The third kappa shape index (κ3) is 7.49. The molecule has 0 fully saturated rings. The summed E-state index contributed by atoms with van der Waals surface area (Å²) in [7, 11) is 1.42. The molecule has 0 aliphatic carbocycles. The van der Waals surface area contributed by atoms with Gasteiger partial charge in [-0.2, -0.15) is 0 Å². The molecule has 0 aromatic heterocycles. The standard InChI is InChI=1S/C17H30N4O2S.HI/c1-6-14(7-2)12-19-17(18-3)20-13-15-8-10-16(11-9-15)24(22,23)21(4)5;/h8-11,14H,6-7,12-13H2,1-5H3,(H2,18,19,20);1H. The first kappa shape index (κ1) is 24.1. The Hall–Kier alpha value is -0.870. The molecule has 0 heterocycles. The van der Waals surface area contributed by atoms with Crippen LogP contribution in [0.1, 0.15) is 32.3 Å². The van der Waals surface area contributed by atoms with E-state index < -0.39 is 10.0 Å². The molecule has 1 aromatic carbocycles. The van der Waals surface area contributed by atoms with Crippen LogP contribution in [-0.4, -0.2) is 46.4 Å². The van der Waals surface area contributed by atoms with Crippen molar-refractivity contribution in [1.29, 1.82) is 0 Å². The van der Waals surface area contributed by atoms with E-state index in [1.807, 2.05) is 12.1 Å². The summed E-state index contributed by atoms with van der Waals surface area (Å²) in [5, 5.41) is 6.58. The molecule has 0 bridgehead atoms. The van der Waals surface area contributed by atoms with E-state index in [1.165, 1.54) is 18.4 Å². The summed E-state index contributed by atoms with van der Waals surface area (Å²) in [6, 6.07) is 6.90. The van der Waals surface area contributed by atoms with Gasteiger partial charge in [0.05, 0.1) is 4.90 Å². The van der Waals surface area contributed by atoms with Crippen LogP contribution in [0.3, 0.4) is 0 Å². The number of sulfonamides is 1. The van der Waals surface area contributed by atoms with Crippen LogP contribution in [0.4, 0.5) is 0 Å². The van der Waals surface area contributed by atoms with Crippen LogP contribution in [0.25, 0.3) is 0 Å². The van der Waals surface area contributed by atoms with E-state index in [9.17, 15) is 8.42 Å². The molecular weight excluding hydrogens is 451 g/mol. The Bertz CT molecular complexity index is 627. The largest absolute Gasteiger partial charge is 0.356 e. The Balaban J connectivity index is 0.00000576. The lowest BCUT2D eigenvalue weighted by Gasteiger charge is -2.17. The first-order valence-electron chi connectivity index (χ1n) is 8.31. The molecule has 0 unspecified atom stereocenters. The van der Waals surface area contributed by atoms with Gasteiger partial charge in [-0.05, 0) is 23.6 Å². The minimum Gasteiger partial charge on any atom is -0.356 e. The molecule has 0 atom stereocenters. The van der Waals surface area contributed by atoms with E-state index in [0.29, 0.717) is 17.4 Å². The summed E-state index contributed by atoms with van der Waals surface area (Å²) < 4.78 is 25.3. The first-order chi connectivity index (χ1) is 11.3. The molecule has 1 rings (SSSR count). The molecule has 0 aliphatic rings. The molecule has 0 amide bonds. The number of hydrogen-bond donors (Lipinski definition) is 2. The quantitative estimate of drug-likeness (QED) is 0.340. The lowest BCUT2D eigenvalue weighted by molar-refractivity contribution is 0.481. The summed E-state index contributed by atoms with van der Waals surface area (Å²) in [6.07, 6.45) is 2.28. The van der Waals surface area contributed by atoms with Crippen molar-refractivity contribution in [3.63, 3.8) is 0 Å². The van der Waals surface area contributed by atoms with Crippen LogP contribution in [0.5, 0.6) is 0 Å². The summed E-state index contributed by atoms with van der Waals surface area (Å²) in [4.78, 5) is 4.51. The van der Waals surface area contributed by atoms with Crippen molar-refractivity contribution >= 4 is 40.0 Å². The van der Waals surface area contributed by atoms with E-state index in [2.05, 4.69) is 29.5 Å². The van der Waals surface area contributed by atoms with Crippen LogP contribution >= 0.6 is 24.0 Å². The second kappa shape index (κ2) is 11.7. The molecule has 25 heavy (non-hydrogen) atoms. The highest BCUT2D eigenvalue weighted by Crippen LogP contribution is 2.13. The maximum absolute atomic E-state index is 12.0. The van der Waals surface area contributed by atoms with Gasteiger partial charge in [-0.3, -0.25) is 4.99 Å². The smallest absolute Gasteiger partial charge is 0.242 e. The molecule has 8 heteroatoms. The zero-order valence-electron chi connectivity index (χ0n) is 15.7. The van der Waals surface area contributed by atoms with Gasteiger partial charge in [-0.1, -0.05) is 38.8 Å². The van der Waals surface area contributed by atoms with Crippen LogP contribution < -0.4 is 10.6 Å². The molecule has 6 nitrogen and oxygen atoms in total. The maximum atomic E-state index is 12.0. The third-order valence-electron chi connectivity index (χ3n) is 4.10. The van der Waals surface area contributed by atoms with Crippen molar-refractivity contribution in [3.8, 4) is 0 Å². The fourth-order valence-corrected chi connectivity index (χ4v) is 3.12. The molecular formula is C17H31IN4O2S. The third-order valence-corrected chi connectivity index (χ3v) is 5.93. The van der Waals surface area contributed by atoms with Crippen molar-refractivity contribution in [2.24, 2.45) is 10.9 Å². The predicted octanol–water partition coefficient (Wildman–Crippen LogP) is 2.66. The van der Waals surface area contributed by atoms with Gasteiger partial charge in [0, 0.05) is 34.2 Å². The Kier molecular flexibility index (Phi) is 11.3. The molecule has 0 aliphatic heterocycles. The summed E-state index contributed by atoms with van der Waals surface area (Å²) in [5.74, 6) is 1.39. The minimum atomic E-state index is -3.38. The minimum absolute atomic E-state index is 0. The van der Waals surface area contributed by atoms with Gasteiger partial charge in [-0.15, -0.1) is 24.0 Å². The summed E-state index contributed by atoms with van der Waals surface area (Å²) in [5.41, 5.74) is 0.998. The maximum Gasteiger partial charge on any atom is 0.242 e. The van der Waals surface area contributed by atoms with E-state index in [4.69, 9.17) is 0 Å². The van der Waals surface area contributed by atoms with Gasteiger partial charge in [0.25, 0.3) is 0 Å². The van der Waals surface area contributed by atoms with Crippen molar-refractivity contribution in [2.75, 3.05) is 27.7 Å². The van der Waals surface area contributed by atoms with Gasteiger partial charge in [0.1, 0.15) is 0 Å². The monoisotopic (exact) mass is 482 g/mol. The SMILES string of the molecule is CCC(CC)CNC(=NC)NCc1ccc(S(=O)(=O)N(C)C)cc1.I. The van der Waals surface area contributed by atoms with Crippen molar-refractivity contribution in [1.82, 2.24) is 14.9 Å². The Morgan fingerprint density at radius 1 is 1.12 bits per heavy atom. The van der Waals surface area contributed by atoms with Crippen molar-refractivity contribution in [2.45, 2.75) is 38.1 Å². The zero-order chi connectivity index (χ0) is 18.2. The average molecular weight is 482 g/mol. The van der Waals surface area contributed by atoms with E-state index >= 15 is 0 Å². The summed E-state index contributed by atoms with van der Waals surface area (Å²) in [6.45, 7) is 5.86. The van der Waals surface area contributed by atoms with Gasteiger partial charge < -0.3 is 10.6 Å². The normalized spacial score (nSPS) is 12.2. The lowest BCUT2D eigenvalue weighted by atomic mass is 10.0. The van der Waals surface area contributed by atoms with Gasteiger partial charge in [0.2, 0.25) is 10.0 Å². The highest BCUT2D eigenvalue weighted by atomic mass is 127. The highest BCUT2D eigenvalue weighted by molar-refractivity contribution is 14.0.